The Bertz CT molecular complexity index is 484. The molecule has 3 rings (SSSR count). The average molecular weight is 292 g/mol. The Balaban J connectivity index is 1.53. The summed E-state index contributed by atoms with van der Waals surface area (Å²) in [5, 5.41) is 4.17. The number of piperidine rings is 1. The Kier molecular flexibility index (Phi) is 4.24. The van der Waals surface area contributed by atoms with Gasteiger partial charge in [-0.25, -0.2) is 14.5 Å². The number of hydrogen-bond acceptors (Lipinski definition) is 5. The van der Waals surface area contributed by atoms with Crippen molar-refractivity contribution in [1.29, 1.82) is 0 Å². The van der Waals surface area contributed by atoms with Gasteiger partial charge in [0, 0.05) is 13.1 Å². The highest BCUT2D eigenvalue weighted by Gasteiger charge is 2.35. The third-order valence-electron chi connectivity index (χ3n) is 5.08. The monoisotopic (exact) mass is 292 g/mol. The molecule has 116 valence electrons. The minimum absolute atomic E-state index is 0.137. The fourth-order valence-electron chi connectivity index (χ4n) is 3.72. The van der Waals surface area contributed by atoms with Gasteiger partial charge in [-0.05, 0) is 31.1 Å². The van der Waals surface area contributed by atoms with Crippen LogP contribution in [0.15, 0.2) is 6.33 Å². The first-order chi connectivity index (χ1) is 10.2. The third-order valence-corrected chi connectivity index (χ3v) is 5.08. The molecule has 0 radical (unpaired) electrons. The third kappa shape index (κ3) is 3.26. The highest BCUT2D eigenvalue weighted by molar-refractivity contribution is 5.84. The van der Waals surface area contributed by atoms with Gasteiger partial charge in [0.15, 0.2) is 0 Å². The predicted molar refractivity (Wildman–Crippen MR) is 77.7 cm³/mol. The average Bonchev–Trinajstić information content (AvgIpc) is 2.98. The molecule has 0 unspecified atom stereocenters. The minimum atomic E-state index is -0.478. The Hall–Kier alpha value is -1.43. The van der Waals surface area contributed by atoms with Gasteiger partial charge in [-0.2, -0.15) is 0 Å². The molecule has 1 aromatic rings. The van der Waals surface area contributed by atoms with E-state index in [-0.39, 0.29) is 5.82 Å². The maximum atomic E-state index is 11.3. The second kappa shape index (κ2) is 6.13. The van der Waals surface area contributed by atoms with Crippen LogP contribution in [0.4, 0.5) is 0 Å². The Morgan fingerprint density at radius 2 is 1.95 bits per heavy atom. The molecule has 1 saturated carbocycles. The molecule has 1 aromatic heterocycles. The van der Waals surface area contributed by atoms with Crippen LogP contribution in [0.25, 0.3) is 0 Å². The van der Waals surface area contributed by atoms with Gasteiger partial charge in [-0.1, -0.05) is 19.3 Å². The number of aromatic nitrogens is 3. The van der Waals surface area contributed by atoms with Crippen LogP contribution in [0, 0.1) is 5.41 Å². The molecule has 1 spiro atoms. The zero-order chi connectivity index (χ0) is 14.7. The van der Waals surface area contributed by atoms with Gasteiger partial charge in [0.05, 0.1) is 13.8 Å². The van der Waals surface area contributed by atoms with Gasteiger partial charge in [-0.3, -0.25) is 4.90 Å². The molecule has 1 saturated heterocycles. The maximum Gasteiger partial charge on any atom is 0.377 e. The molecule has 0 amide bonds. The molecule has 2 heterocycles. The van der Waals surface area contributed by atoms with Gasteiger partial charge < -0.3 is 4.74 Å². The highest BCUT2D eigenvalue weighted by Crippen LogP contribution is 2.44. The van der Waals surface area contributed by atoms with Crippen LogP contribution in [0.1, 0.15) is 55.6 Å². The molecular formula is C15H24N4O2. The normalized spacial score (nSPS) is 22.3. The van der Waals surface area contributed by atoms with Crippen LogP contribution in [0.2, 0.25) is 0 Å². The van der Waals surface area contributed by atoms with E-state index in [0.29, 0.717) is 12.1 Å². The van der Waals surface area contributed by atoms with E-state index in [4.69, 9.17) is 0 Å². The van der Waals surface area contributed by atoms with Crippen LogP contribution in [0.3, 0.4) is 0 Å². The summed E-state index contributed by atoms with van der Waals surface area (Å²) in [6.45, 7) is 2.95. The molecule has 21 heavy (non-hydrogen) atoms. The Labute approximate surface area is 125 Å². The van der Waals surface area contributed by atoms with Crippen molar-refractivity contribution in [2.24, 2.45) is 5.41 Å². The van der Waals surface area contributed by atoms with Crippen molar-refractivity contribution in [2.75, 3.05) is 20.2 Å². The van der Waals surface area contributed by atoms with E-state index < -0.39 is 5.97 Å². The number of ether oxygens (including phenoxy) is 1. The van der Waals surface area contributed by atoms with E-state index >= 15 is 0 Å². The SMILES string of the molecule is COC(=O)c1ncn(CN2CCC3(CCCCC3)CC2)n1. The largest absolute Gasteiger partial charge is 0.463 e. The van der Waals surface area contributed by atoms with Gasteiger partial charge in [0.1, 0.15) is 6.33 Å². The fourth-order valence-corrected chi connectivity index (χ4v) is 3.72. The van der Waals surface area contributed by atoms with Gasteiger partial charge >= 0.3 is 5.97 Å². The summed E-state index contributed by atoms with van der Waals surface area (Å²) in [5.74, 6) is -0.341. The summed E-state index contributed by atoms with van der Waals surface area (Å²) >= 11 is 0. The van der Waals surface area contributed by atoms with Crippen molar-refractivity contribution in [3.8, 4) is 0 Å². The lowest BCUT2D eigenvalue weighted by Gasteiger charge is -2.44. The van der Waals surface area contributed by atoms with Crippen molar-refractivity contribution >= 4 is 5.97 Å². The minimum Gasteiger partial charge on any atom is -0.463 e. The summed E-state index contributed by atoms with van der Waals surface area (Å²) in [4.78, 5) is 17.7. The Morgan fingerprint density at radius 1 is 1.24 bits per heavy atom. The standard InChI is InChI=1S/C15H24N4O2/c1-21-14(20)13-16-11-19(17-13)12-18-9-7-15(8-10-18)5-3-2-4-6-15/h11H,2-10,12H2,1H3. The van der Waals surface area contributed by atoms with Gasteiger partial charge in [-0.15, -0.1) is 5.10 Å². The quantitative estimate of drug-likeness (QED) is 0.798. The summed E-state index contributed by atoms with van der Waals surface area (Å²) in [6, 6.07) is 0. The number of nitrogens with zero attached hydrogens (tertiary/aromatic N) is 4. The summed E-state index contributed by atoms with van der Waals surface area (Å²) in [5.41, 5.74) is 0.619. The van der Waals surface area contributed by atoms with Gasteiger partial charge in [0.25, 0.3) is 5.82 Å². The number of rotatable bonds is 3. The number of carbonyl (C=O) groups is 1. The first-order valence-corrected chi connectivity index (χ1v) is 7.91. The number of methoxy groups -OCH3 is 1. The second-order valence-corrected chi connectivity index (χ2v) is 6.42. The van der Waals surface area contributed by atoms with Crippen LogP contribution in [-0.2, 0) is 11.4 Å². The van der Waals surface area contributed by atoms with E-state index in [1.165, 1.54) is 52.1 Å². The molecule has 0 aromatic carbocycles. The topological polar surface area (TPSA) is 60.2 Å². The molecule has 0 atom stereocenters. The van der Waals surface area contributed by atoms with E-state index in [1.54, 1.807) is 11.0 Å². The Morgan fingerprint density at radius 3 is 2.62 bits per heavy atom. The summed E-state index contributed by atoms with van der Waals surface area (Å²) < 4.78 is 6.35. The summed E-state index contributed by atoms with van der Waals surface area (Å²) in [6.07, 6.45) is 11.3. The van der Waals surface area contributed by atoms with Crippen LogP contribution in [-0.4, -0.2) is 45.8 Å². The van der Waals surface area contributed by atoms with Crippen molar-refractivity contribution in [2.45, 2.75) is 51.6 Å². The van der Waals surface area contributed by atoms with Crippen molar-refractivity contribution < 1.29 is 9.53 Å². The van der Waals surface area contributed by atoms with E-state index in [9.17, 15) is 4.79 Å². The second-order valence-electron chi connectivity index (χ2n) is 6.42. The number of likely N-dealkylation sites (tertiary alicyclic amines) is 1. The predicted octanol–water partition coefficient (Wildman–Crippen LogP) is 2.07. The van der Waals surface area contributed by atoms with E-state index in [2.05, 4.69) is 19.7 Å². The number of hydrogen-bond donors (Lipinski definition) is 0. The first-order valence-electron chi connectivity index (χ1n) is 7.91. The number of carbonyl (C=O) groups excluding carboxylic acids is 1. The zero-order valence-electron chi connectivity index (χ0n) is 12.8. The smallest absolute Gasteiger partial charge is 0.377 e. The summed E-state index contributed by atoms with van der Waals surface area (Å²) in [7, 11) is 1.34. The molecule has 2 aliphatic rings. The zero-order valence-corrected chi connectivity index (χ0v) is 12.8. The van der Waals surface area contributed by atoms with Crippen molar-refractivity contribution in [1.82, 2.24) is 19.7 Å². The molecule has 6 heteroatoms. The fraction of sp³-hybridized carbons (Fsp3) is 0.800. The van der Waals surface area contributed by atoms with Crippen molar-refractivity contribution in [3.63, 3.8) is 0 Å². The molecule has 1 aliphatic carbocycles. The number of esters is 1. The van der Waals surface area contributed by atoms with Crippen LogP contribution < -0.4 is 0 Å². The van der Waals surface area contributed by atoms with Crippen LogP contribution >= 0.6 is 0 Å². The molecule has 2 fully saturated rings. The van der Waals surface area contributed by atoms with E-state index in [0.717, 1.165) is 13.1 Å². The molecule has 1 aliphatic heterocycles. The molecule has 0 N–H and O–H groups in total. The van der Waals surface area contributed by atoms with E-state index in [1.807, 2.05) is 0 Å². The first kappa shape index (κ1) is 14.5. The maximum absolute atomic E-state index is 11.3. The van der Waals surface area contributed by atoms with Crippen molar-refractivity contribution in [3.05, 3.63) is 12.2 Å². The van der Waals surface area contributed by atoms with Gasteiger partial charge in [0.2, 0.25) is 0 Å². The lowest BCUT2D eigenvalue weighted by molar-refractivity contribution is 0.0492. The molecule has 6 nitrogen and oxygen atoms in total. The molecule has 0 bridgehead atoms. The van der Waals surface area contributed by atoms with Crippen LogP contribution in [0.5, 0.6) is 0 Å². The lowest BCUT2D eigenvalue weighted by atomic mass is 9.68. The molecular weight excluding hydrogens is 268 g/mol. The lowest BCUT2D eigenvalue weighted by Crippen LogP contribution is -2.41. The highest BCUT2D eigenvalue weighted by atomic mass is 16.5.